The molecule has 0 aliphatic heterocycles. The summed E-state index contributed by atoms with van der Waals surface area (Å²) in [5, 5.41) is 8.45. The van der Waals surface area contributed by atoms with Crippen LogP contribution in [0.2, 0.25) is 0 Å². The van der Waals surface area contributed by atoms with E-state index in [1.165, 1.54) is 77.0 Å². The average molecular weight is 709 g/mol. The first kappa shape index (κ1) is 47.3. The first-order valence-electron chi connectivity index (χ1n) is 18.6. The van der Waals surface area contributed by atoms with E-state index in [1.54, 1.807) is 0 Å². The van der Waals surface area contributed by atoms with Crippen LogP contribution in [0.1, 0.15) is 103 Å². The number of carboxylic acids is 1. The van der Waals surface area contributed by atoms with Gasteiger partial charge in [0.25, 0.3) is 0 Å². The molecule has 0 saturated carbocycles. The van der Waals surface area contributed by atoms with E-state index in [-0.39, 0.29) is 26.1 Å². The molecule has 0 bridgehead atoms. The van der Waals surface area contributed by atoms with Crippen LogP contribution in [-0.4, -0.2) is 135 Å². The van der Waals surface area contributed by atoms with E-state index in [2.05, 4.69) is 6.92 Å². The van der Waals surface area contributed by atoms with E-state index >= 15 is 0 Å². The Morgan fingerprint density at radius 2 is 0.653 bits per heavy atom. The molecule has 0 spiro atoms. The van der Waals surface area contributed by atoms with Crippen LogP contribution in [0.15, 0.2) is 0 Å². The zero-order valence-corrected chi connectivity index (χ0v) is 30.5. The maximum absolute atomic E-state index is 11.4. The van der Waals surface area contributed by atoms with Gasteiger partial charge >= 0.3 is 11.9 Å². The molecular weight excluding hydrogens is 640 g/mol. The number of ether oxygens (including phenoxy) is 9. The molecule has 0 radical (unpaired) electrons. The smallest absolute Gasteiger partial charge is 0.372 e. The highest BCUT2D eigenvalue weighted by atomic mass is 16.6. The van der Waals surface area contributed by atoms with Crippen molar-refractivity contribution in [2.45, 2.75) is 103 Å². The van der Waals surface area contributed by atoms with E-state index in [0.29, 0.717) is 92.5 Å². The van der Waals surface area contributed by atoms with Gasteiger partial charge in [0.2, 0.25) is 5.78 Å². The molecular formula is C36H68O13. The van der Waals surface area contributed by atoms with Crippen molar-refractivity contribution >= 4 is 17.7 Å². The molecule has 0 aliphatic rings. The van der Waals surface area contributed by atoms with Crippen molar-refractivity contribution in [3.8, 4) is 0 Å². The van der Waals surface area contributed by atoms with E-state index in [4.69, 9.17) is 47.7 Å². The minimum atomic E-state index is -1.56. The number of hydrogen-bond acceptors (Lipinski definition) is 12. The average Bonchev–Trinajstić information content (AvgIpc) is 3.10. The molecule has 0 fully saturated rings. The third kappa shape index (κ3) is 40.6. The second kappa shape index (κ2) is 40.7. The summed E-state index contributed by atoms with van der Waals surface area (Å²) in [6.45, 7) is 10.0. The van der Waals surface area contributed by atoms with Crippen molar-refractivity contribution in [2.75, 3.05) is 112 Å². The second-order valence-electron chi connectivity index (χ2n) is 11.6. The van der Waals surface area contributed by atoms with Gasteiger partial charge in [-0.25, -0.2) is 4.79 Å². The summed E-state index contributed by atoms with van der Waals surface area (Å²) in [7, 11) is 0. The van der Waals surface area contributed by atoms with Gasteiger partial charge in [-0.3, -0.25) is 9.59 Å². The fraction of sp³-hybridized carbons (Fsp3) is 0.917. The minimum Gasteiger partial charge on any atom is -0.476 e. The van der Waals surface area contributed by atoms with Gasteiger partial charge in [0.05, 0.1) is 106 Å². The van der Waals surface area contributed by atoms with Gasteiger partial charge in [-0.15, -0.1) is 0 Å². The van der Waals surface area contributed by atoms with E-state index in [0.717, 1.165) is 13.0 Å². The predicted octanol–water partition coefficient (Wildman–Crippen LogP) is 5.19. The Hall–Kier alpha value is -1.71. The molecule has 0 aliphatic carbocycles. The van der Waals surface area contributed by atoms with Crippen LogP contribution in [-0.2, 0) is 57.0 Å². The van der Waals surface area contributed by atoms with Gasteiger partial charge in [-0.05, 0) is 6.42 Å². The molecule has 0 rings (SSSR count). The Morgan fingerprint density at radius 3 is 0.980 bits per heavy atom. The Balaban J connectivity index is 3.11. The molecule has 0 amide bonds. The lowest BCUT2D eigenvalue weighted by Gasteiger charge is -2.09. The highest BCUT2D eigenvalue weighted by Gasteiger charge is 2.14. The van der Waals surface area contributed by atoms with E-state index < -0.39 is 17.7 Å². The fourth-order valence-electron chi connectivity index (χ4n) is 4.47. The predicted molar refractivity (Wildman–Crippen MR) is 185 cm³/mol. The maximum atomic E-state index is 11.4. The van der Waals surface area contributed by atoms with Crippen LogP contribution < -0.4 is 0 Å². The largest absolute Gasteiger partial charge is 0.476 e. The lowest BCUT2D eigenvalue weighted by atomic mass is 10.0. The first-order chi connectivity index (χ1) is 24.1. The topological polar surface area (TPSA) is 155 Å². The summed E-state index contributed by atoms with van der Waals surface area (Å²) in [5.41, 5.74) is 0. The molecule has 290 valence electrons. The molecule has 0 heterocycles. The van der Waals surface area contributed by atoms with Gasteiger partial charge in [-0.1, -0.05) is 84.0 Å². The summed E-state index contributed by atoms with van der Waals surface area (Å²) in [4.78, 5) is 32.7. The number of hydrogen-bond donors (Lipinski definition) is 1. The van der Waals surface area contributed by atoms with Crippen molar-refractivity contribution < 1.29 is 62.1 Å². The number of esters is 1. The van der Waals surface area contributed by atoms with Gasteiger partial charge in [0.1, 0.15) is 6.61 Å². The second-order valence-corrected chi connectivity index (χ2v) is 11.6. The van der Waals surface area contributed by atoms with Gasteiger partial charge in [0.15, 0.2) is 0 Å². The molecule has 13 heteroatoms. The van der Waals surface area contributed by atoms with Gasteiger partial charge in [0, 0.05) is 13.0 Å². The molecule has 13 nitrogen and oxygen atoms in total. The summed E-state index contributed by atoms with van der Waals surface area (Å²) >= 11 is 0. The lowest BCUT2D eigenvalue weighted by Crippen LogP contribution is -2.17. The summed E-state index contributed by atoms with van der Waals surface area (Å²) in [6, 6.07) is 0. The molecule has 0 aromatic carbocycles. The van der Waals surface area contributed by atoms with Crippen LogP contribution in [0.5, 0.6) is 0 Å². The standard InChI is InChI=1S/C36H68O13/c1-2-3-4-5-6-7-8-9-10-11-12-13-14-17-41-18-19-42-20-21-43-22-23-44-24-25-45-26-27-46-28-29-47-30-31-48-32-33-49-35(38)16-15-34(37)36(39)40/h2-33H2,1H3,(H,39,40). The number of carbonyl (C=O) groups is 3. The van der Waals surface area contributed by atoms with Crippen molar-refractivity contribution in [1.82, 2.24) is 0 Å². The molecule has 0 aromatic heterocycles. The normalized spacial score (nSPS) is 11.3. The number of aliphatic carboxylic acids is 1. The van der Waals surface area contributed by atoms with Crippen LogP contribution >= 0.6 is 0 Å². The molecule has 0 unspecified atom stereocenters. The number of Topliss-reactive ketones (excluding diaryl/α,β-unsaturated/α-hetero) is 1. The maximum Gasteiger partial charge on any atom is 0.372 e. The van der Waals surface area contributed by atoms with Crippen molar-refractivity contribution in [3.63, 3.8) is 0 Å². The first-order valence-corrected chi connectivity index (χ1v) is 18.6. The summed E-state index contributed by atoms with van der Waals surface area (Å²) < 4.78 is 48.6. The molecule has 49 heavy (non-hydrogen) atoms. The summed E-state index contributed by atoms with van der Waals surface area (Å²) in [5.74, 6) is -3.22. The highest BCUT2D eigenvalue weighted by Crippen LogP contribution is 2.12. The molecule has 0 aromatic rings. The van der Waals surface area contributed by atoms with Crippen LogP contribution in [0, 0.1) is 0 Å². The van der Waals surface area contributed by atoms with E-state index in [9.17, 15) is 14.4 Å². The minimum absolute atomic E-state index is 0.0214. The van der Waals surface area contributed by atoms with Crippen molar-refractivity contribution in [2.24, 2.45) is 0 Å². The Morgan fingerprint density at radius 1 is 0.367 bits per heavy atom. The Kier molecular flexibility index (Phi) is 39.3. The van der Waals surface area contributed by atoms with Gasteiger partial charge in [-0.2, -0.15) is 0 Å². The molecule has 1 N–H and O–H groups in total. The fourth-order valence-corrected chi connectivity index (χ4v) is 4.47. The van der Waals surface area contributed by atoms with Crippen LogP contribution in [0.3, 0.4) is 0 Å². The zero-order chi connectivity index (χ0) is 35.7. The Bertz CT molecular complexity index is 723. The molecule has 0 saturated heterocycles. The SMILES string of the molecule is CCCCCCCCCCCCCCCOCCOCCOCCOCCOCCOCCOCCOCCOC(=O)CCC(=O)C(=O)O. The number of carboxylic acid groups (broad SMARTS) is 1. The zero-order valence-electron chi connectivity index (χ0n) is 30.5. The monoisotopic (exact) mass is 708 g/mol. The Labute approximate surface area is 295 Å². The number of rotatable bonds is 42. The summed E-state index contributed by atoms with van der Waals surface area (Å²) in [6.07, 6.45) is 17.0. The number of ketones is 1. The molecule has 0 atom stereocenters. The highest BCUT2D eigenvalue weighted by molar-refractivity contribution is 6.32. The lowest BCUT2D eigenvalue weighted by molar-refractivity contribution is -0.151. The van der Waals surface area contributed by atoms with Gasteiger partial charge < -0.3 is 47.7 Å². The number of unbranched alkanes of at least 4 members (excludes halogenated alkanes) is 12. The number of carbonyl (C=O) groups excluding carboxylic acids is 2. The third-order valence-electron chi connectivity index (χ3n) is 7.28. The van der Waals surface area contributed by atoms with Crippen LogP contribution in [0.4, 0.5) is 0 Å². The van der Waals surface area contributed by atoms with Crippen LogP contribution in [0.25, 0.3) is 0 Å². The van der Waals surface area contributed by atoms with E-state index in [1.807, 2.05) is 0 Å². The van der Waals surface area contributed by atoms with Crippen molar-refractivity contribution in [1.29, 1.82) is 0 Å². The van der Waals surface area contributed by atoms with Crippen molar-refractivity contribution in [3.05, 3.63) is 0 Å². The quantitative estimate of drug-likeness (QED) is 0.0503. The third-order valence-corrected chi connectivity index (χ3v) is 7.28.